The highest BCUT2D eigenvalue weighted by molar-refractivity contribution is 5.87. The van der Waals surface area contributed by atoms with E-state index in [-0.39, 0.29) is 11.3 Å². The number of ether oxygens (including phenoxy) is 1. The molecule has 0 spiro atoms. The largest absolute Gasteiger partial charge is 0.497 e. The Hall–Kier alpha value is -2.62. The molecule has 0 bridgehead atoms. The van der Waals surface area contributed by atoms with Crippen molar-refractivity contribution in [2.75, 3.05) is 14.2 Å². The lowest BCUT2D eigenvalue weighted by Gasteiger charge is -2.50. The van der Waals surface area contributed by atoms with E-state index in [1.54, 1.807) is 7.11 Å². The number of rotatable bonds is 8. The van der Waals surface area contributed by atoms with Crippen LogP contribution in [0.1, 0.15) is 80.9 Å². The number of benzene rings is 2. The molecule has 2 saturated carbocycles. The van der Waals surface area contributed by atoms with Crippen molar-refractivity contribution in [3.8, 4) is 5.75 Å². The van der Waals surface area contributed by atoms with Crippen molar-refractivity contribution in [3.63, 3.8) is 0 Å². The second kappa shape index (κ2) is 10.4. The summed E-state index contributed by atoms with van der Waals surface area (Å²) in [5.74, 6) is 3.77. The van der Waals surface area contributed by atoms with Gasteiger partial charge in [0.2, 0.25) is 5.91 Å². The first-order chi connectivity index (χ1) is 17.4. The lowest BCUT2D eigenvalue weighted by atomic mass is 9.54. The van der Waals surface area contributed by atoms with E-state index in [4.69, 9.17) is 4.74 Å². The SMILES string of the molecule is COc1ccc2c(c1)CC[C@H]1[C@@H]3[C@H](CCCCC(=O)N(C)Cc4ccccc4)CC(=O)[C@@]3(C)CC[C@H]21. The van der Waals surface area contributed by atoms with Gasteiger partial charge in [0, 0.05) is 31.8 Å². The summed E-state index contributed by atoms with van der Waals surface area (Å²) in [5.41, 5.74) is 3.95. The second-order valence-electron chi connectivity index (χ2n) is 11.7. The molecule has 0 N–H and O–H groups in total. The van der Waals surface area contributed by atoms with Crippen molar-refractivity contribution < 1.29 is 14.3 Å². The number of nitrogens with zero attached hydrogens (tertiary/aromatic N) is 1. The van der Waals surface area contributed by atoms with E-state index in [0.29, 0.717) is 42.4 Å². The maximum absolute atomic E-state index is 13.3. The Bertz CT molecular complexity index is 1100. The normalized spacial score (nSPS) is 28.7. The van der Waals surface area contributed by atoms with Crippen molar-refractivity contribution in [1.82, 2.24) is 4.90 Å². The molecule has 0 aromatic heterocycles. The first-order valence-corrected chi connectivity index (χ1v) is 13.9. The van der Waals surface area contributed by atoms with Crippen LogP contribution in [0, 0.1) is 23.2 Å². The molecular formula is C32H41NO3. The van der Waals surface area contributed by atoms with Crippen LogP contribution in [0.15, 0.2) is 48.5 Å². The molecule has 5 atom stereocenters. The summed E-state index contributed by atoms with van der Waals surface area (Å²) in [6, 6.07) is 16.8. The molecule has 2 aromatic carbocycles. The van der Waals surface area contributed by atoms with Crippen molar-refractivity contribution in [2.24, 2.45) is 23.2 Å². The van der Waals surface area contributed by atoms with Crippen molar-refractivity contribution in [3.05, 3.63) is 65.2 Å². The third-order valence-electron chi connectivity index (χ3n) is 9.68. The molecule has 3 aliphatic rings. The van der Waals surface area contributed by atoms with Crippen LogP contribution in [0.5, 0.6) is 5.75 Å². The number of carbonyl (C=O) groups excluding carboxylic acids is 2. The Labute approximate surface area is 216 Å². The van der Waals surface area contributed by atoms with Gasteiger partial charge in [-0.2, -0.15) is 0 Å². The van der Waals surface area contributed by atoms with Crippen molar-refractivity contribution in [1.29, 1.82) is 0 Å². The van der Waals surface area contributed by atoms with Gasteiger partial charge in [-0.05, 0) is 91.0 Å². The summed E-state index contributed by atoms with van der Waals surface area (Å²) in [6.45, 7) is 2.93. The fourth-order valence-corrected chi connectivity index (χ4v) is 7.83. The van der Waals surface area contributed by atoms with Crippen LogP contribution in [0.4, 0.5) is 0 Å². The third-order valence-corrected chi connectivity index (χ3v) is 9.68. The van der Waals surface area contributed by atoms with E-state index < -0.39 is 0 Å². The van der Waals surface area contributed by atoms with Gasteiger partial charge in [0.05, 0.1) is 7.11 Å². The second-order valence-corrected chi connectivity index (χ2v) is 11.7. The molecule has 0 aliphatic heterocycles. The molecule has 0 saturated heterocycles. The van der Waals surface area contributed by atoms with Gasteiger partial charge < -0.3 is 9.64 Å². The molecule has 2 aromatic rings. The van der Waals surface area contributed by atoms with Gasteiger partial charge in [0.1, 0.15) is 11.5 Å². The maximum Gasteiger partial charge on any atom is 0.222 e. The fourth-order valence-electron chi connectivity index (χ4n) is 7.83. The van der Waals surface area contributed by atoms with Gasteiger partial charge in [-0.15, -0.1) is 0 Å². The zero-order valence-electron chi connectivity index (χ0n) is 22.2. The minimum Gasteiger partial charge on any atom is -0.497 e. The quantitative estimate of drug-likeness (QED) is 0.396. The molecule has 2 fully saturated rings. The first kappa shape index (κ1) is 25.0. The number of carbonyl (C=O) groups is 2. The monoisotopic (exact) mass is 487 g/mol. The lowest BCUT2D eigenvalue weighted by Crippen LogP contribution is -2.44. The average molecular weight is 488 g/mol. The van der Waals surface area contributed by atoms with E-state index in [0.717, 1.165) is 56.3 Å². The maximum atomic E-state index is 13.3. The predicted octanol–water partition coefficient (Wildman–Crippen LogP) is 6.57. The highest BCUT2D eigenvalue weighted by Gasteiger charge is 2.58. The van der Waals surface area contributed by atoms with Gasteiger partial charge in [-0.25, -0.2) is 0 Å². The zero-order valence-corrected chi connectivity index (χ0v) is 22.2. The third kappa shape index (κ3) is 4.71. The van der Waals surface area contributed by atoms with Crippen LogP contribution < -0.4 is 4.74 Å². The number of methoxy groups -OCH3 is 1. The smallest absolute Gasteiger partial charge is 0.222 e. The highest BCUT2D eigenvalue weighted by atomic mass is 16.5. The fraction of sp³-hybridized carbons (Fsp3) is 0.562. The van der Waals surface area contributed by atoms with Crippen LogP contribution in [0.3, 0.4) is 0 Å². The number of unbranched alkanes of at least 4 members (excludes halogenated alkanes) is 1. The number of hydrogen-bond donors (Lipinski definition) is 0. The summed E-state index contributed by atoms with van der Waals surface area (Å²) in [6.07, 6.45) is 8.74. The number of aryl methyl sites for hydroxylation is 1. The number of ketones is 1. The van der Waals surface area contributed by atoms with E-state index in [1.807, 2.05) is 30.1 Å². The average Bonchev–Trinajstić information content (AvgIpc) is 3.16. The van der Waals surface area contributed by atoms with E-state index in [9.17, 15) is 9.59 Å². The zero-order chi connectivity index (χ0) is 25.3. The van der Waals surface area contributed by atoms with Crippen LogP contribution in [-0.2, 0) is 22.6 Å². The van der Waals surface area contributed by atoms with Crippen LogP contribution in [0.25, 0.3) is 0 Å². The lowest BCUT2D eigenvalue weighted by molar-refractivity contribution is -0.130. The minimum atomic E-state index is -0.151. The van der Waals surface area contributed by atoms with Crippen LogP contribution in [0.2, 0.25) is 0 Å². The standard InChI is InChI=1S/C32H41NO3/c1-32-18-17-27-26-16-14-25(36-3)19-23(26)13-15-28(27)31(32)24(20-29(32)34)11-7-8-12-30(35)33(2)21-22-9-5-4-6-10-22/h4-6,9-10,14,16,19,24,27-28,31H,7-8,11-13,15,17-18,20-21H2,1-3H3/t24-,27-,28-,31+,32-/m1/s1. The van der Waals surface area contributed by atoms with E-state index >= 15 is 0 Å². The molecule has 5 rings (SSSR count). The van der Waals surface area contributed by atoms with Gasteiger partial charge in [-0.1, -0.05) is 49.7 Å². The summed E-state index contributed by atoms with van der Waals surface area (Å²) < 4.78 is 5.48. The summed E-state index contributed by atoms with van der Waals surface area (Å²) in [7, 11) is 3.64. The Morgan fingerprint density at radius 2 is 1.92 bits per heavy atom. The van der Waals surface area contributed by atoms with Gasteiger partial charge in [-0.3, -0.25) is 9.59 Å². The van der Waals surface area contributed by atoms with Crippen LogP contribution in [-0.4, -0.2) is 30.7 Å². The molecule has 4 nitrogen and oxygen atoms in total. The highest BCUT2D eigenvalue weighted by Crippen LogP contribution is 2.62. The summed E-state index contributed by atoms with van der Waals surface area (Å²) in [5, 5.41) is 0. The molecule has 0 unspecified atom stereocenters. The summed E-state index contributed by atoms with van der Waals surface area (Å²) in [4.78, 5) is 27.8. The molecule has 36 heavy (non-hydrogen) atoms. The topological polar surface area (TPSA) is 46.6 Å². The van der Waals surface area contributed by atoms with Crippen molar-refractivity contribution >= 4 is 11.7 Å². The molecule has 3 aliphatic carbocycles. The first-order valence-electron chi connectivity index (χ1n) is 13.9. The molecule has 192 valence electrons. The molecule has 1 amide bonds. The number of amides is 1. The van der Waals surface area contributed by atoms with Gasteiger partial charge in [0.25, 0.3) is 0 Å². The Balaban J connectivity index is 1.20. The van der Waals surface area contributed by atoms with Crippen LogP contribution >= 0.6 is 0 Å². The number of fused-ring (bicyclic) bond motifs is 5. The van der Waals surface area contributed by atoms with Gasteiger partial charge >= 0.3 is 0 Å². The van der Waals surface area contributed by atoms with E-state index in [2.05, 4.69) is 37.3 Å². The minimum absolute atomic E-state index is 0.151. The van der Waals surface area contributed by atoms with Crippen molar-refractivity contribution in [2.45, 2.75) is 77.2 Å². The van der Waals surface area contributed by atoms with Gasteiger partial charge in [0.15, 0.2) is 0 Å². The molecule has 0 heterocycles. The number of Topliss-reactive ketones (excluding diaryl/α,β-unsaturated/α-hetero) is 1. The molecule has 4 heteroatoms. The van der Waals surface area contributed by atoms with E-state index in [1.165, 1.54) is 17.5 Å². The number of hydrogen-bond acceptors (Lipinski definition) is 3. The predicted molar refractivity (Wildman–Crippen MR) is 143 cm³/mol. The Kier molecular flexibility index (Phi) is 7.23. The molecular weight excluding hydrogens is 446 g/mol. The Morgan fingerprint density at radius 3 is 2.69 bits per heavy atom. The summed E-state index contributed by atoms with van der Waals surface area (Å²) >= 11 is 0. The Morgan fingerprint density at radius 1 is 1.11 bits per heavy atom. The molecule has 0 radical (unpaired) electrons.